The summed E-state index contributed by atoms with van der Waals surface area (Å²) in [5, 5.41) is 9.43. The zero-order valence-corrected chi connectivity index (χ0v) is 12.1. The standard InChI is InChI=1S/C12H7BrFN3OS/c1-19-12-16-10(7(5-15)11(18)17-12)6-3-2-4-8(14)9(6)13/h2-4H,1H3,(H,16,17,18). The summed E-state index contributed by atoms with van der Waals surface area (Å²) in [5.41, 5.74) is -0.128. The van der Waals surface area contributed by atoms with Gasteiger partial charge < -0.3 is 4.98 Å². The summed E-state index contributed by atoms with van der Waals surface area (Å²) in [7, 11) is 0. The van der Waals surface area contributed by atoms with Crippen LogP contribution in [0.5, 0.6) is 0 Å². The van der Waals surface area contributed by atoms with Gasteiger partial charge in [-0.05, 0) is 28.3 Å². The van der Waals surface area contributed by atoms with E-state index in [1.807, 2.05) is 0 Å². The van der Waals surface area contributed by atoms with E-state index in [1.165, 1.54) is 23.9 Å². The lowest BCUT2D eigenvalue weighted by Gasteiger charge is -2.07. The first-order chi connectivity index (χ1) is 9.08. The van der Waals surface area contributed by atoms with E-state index in [4.69, 9.17) is 5.26 Å². The van der Waals surface area contributed by atoms with Crippen LogP contribution in [0.25, 0.3) is 11.3 Å². The number of H-pyrrole nitrogens is 1. The lowest BCUT2D eigenvalue weighted by Crippen LogP contribution is -2.14. The van der Waals surface area contributed by atoms with Crippen LogP contribution in [0.1, 0.15) is 5.56 Å². The van der Waals surface area contributed by atoms with Crippen molar-refractivity contribution in [2.45, 2.75) is 5.16 Å². The predicted octanol–water partition coefficient (Wildman–Crippen LogP) is 2.93. The molecule has 7 heteroatoms. The Kier molecular flexibility index (Phi) is 4.02. The van der Waals surface area contributed by atoms with Gasteiger partial charge in [0, 0.05) is 5.56 Å². The summed E-state index contributed by atoms with van der Waals surface area (Å²) in [6.45, 7) is 0. The number of rotatable bonds is 2. The molecule has 1 aromatic heterocycles. The molecule has 0 aliphatic heterocycles. The Labute approximate surface area is 120 Å². The first-order valence-electron chi connectivity index (χ1n) is 5.11. The highest BCUT2D eigenvalue weighted by Crippen LogP contribution is 2.30. The number of nitriles is 1. The smallest absolute Gasteiger partial charge is 0.270 e. The molecule has 4 nitrogen and oxygen atoms in total. The Morgan fingerprint density at radius 1 is 1.53 bits per heavy atom. The third-order valence-corrected chi connectivity index (χ3v) is 3.80. The molecule has 2 aromatic rings. The van der Waals surface area contributed by atoms with Crippen molar-refractivity contribution in [3.8, 4) is 17.3 Å². The molecule has 1 N–H and O–H groups in total. The number of aromatic nitrogens is 2. The third-order valence-electron chi connectivity index (χ3n) is 2.41. The van der Waals surface area contributed by atoms with Gasteiger partial charge in [-0.1, -0.05) is 23.9 Å². The highest BCUT2D eigenvalue weighted by molar-refractivity contribution is 9.10. The van der Waals surface area contributed by atoms with Gasteiger partial charge in [-0.3, -0.25) is 4.79 Å². The van der Waals surface area contributed by atoms with Crippen molar-refractivity contribution in [1.29, 1.82) is 5.26 Å². The van der Waals surface area contributed by atoms with Crippen LogP contribution in [0.4, 0.5) is 4.39 Å². The molecule has 0 saturated heterocycles. The van der Waals surface area contributed by atoms with Gasteiger partial charge in [0.05, 0.1) is 10.2 Å². The molecule has 0 saturated carbocycles. The fourth-order valence-electron chi connectivity index (χ4n) is 1.53. The maximum absolute atomic E-state index is 13.5. The molecule has 1 aromatic carbocycles. The molecule has 2 rings (SSSR count). The summed E-state index contributed by atoms with van der Waals surface area (Å²) in [5.74, 6) is -0.478. The van der Waals surface area contributed by atoms with Crippen LogP contribution in [0.2, 0.25) is 0 Å². The van der Waals surface area contributed by atoms with Crippen LogP contribution in [-0.2, 0) is 0 Å². The van der Waals surface area contributed by atoms with Crippen LogP contribution in [0, 0.1) is 17.1 Å². The van der Waals surface area contributed by atoms with E-state index >= 15 is 0 Å². The Morgan fingerprint density at radius 2 is 2.26 bits per heavy atom. The van der Waals surface area contributed by atoms with Crippen LogP contribution in [0.15, 0.2) is 32.6 Å². The summed E-state index contributed by atoms with van der Waals surface area (Å²) < 4.78 is 13.7. The quantitative estimate of drug-likeness (QED) is 0.674. The molecule has 0 aliphatic rings. The Hall–Kier alpha value is -1.65. The fourth-order valence-corrected chi connectivity index (χ4v) is 2.36. The average molecular weight is 340 g/mol. The number of aromatic amines is 1. The highest BCUT2D eigenvalue weighted by atomic mass is 79.9. The van der Waals surface area contributed by atoms with Gasteiger partial charge >= 0.3 is 0 Å². The van der Waals surface area contributed by atoms with E-state index in [0.29, 0.717) is 10.7 Å². The zero-order valence-electron chi connectivity index (χ0n) is 9.70. The molecule has 0 amide bonds. The normalized spacial score (nSPS) is 10.2. The van der Waals surface area contributed by atoms with Crippen LogP contribution >= 0.6 is 27.7 Å². The minimum absolute atomic E-state index is 0.135. The number of hydrogen-bond donors (Lipinski definition) is 1. The lowest BCUT2D eigenvalue weighted by atomic mass is 10.1. The number of thioether (sulfide) groups is 1. The van der Waals surface area contributed by atoms with Crippen molar-refractivity contribution >= 4 is 27.7 Å². The molecule has 19 heavy (non-hydrogen) atoms. The van der Waals surface area contributed by atoms with Crippen LogP contribution in [-0.4, -0.2) is 16.2 Å². The molecular weight excluding hydrogens is 333 g/mol. The molecule has 0 radical (unpaired) electrons. The number of nitrogens with zero attached hydrogens (tertiary/aromatic N) is 2. The predicted molar refractivity (Wildman–Crippen MR) is 74.4 cm³/mol. The third kappa shape index (κ3) is 2.55. The topological polar surface area (TPSA) is 69.5 Å². The van der Waals surface area contributed by atoms with E-state index in [0.717, 1.165) is 0 Å². The molecule has 96 valence electrons. The number of nitrogens with one attached hydrogen (secondary N) is 1. The van der Waals surface area contributed by atoms with Gasteiger partial charge in [0.1, 0.15) is 17.4 Å². The Bertz CT molecular complexity index is 739. The fraction of sp³-hybridized carbons (Fsp3) is 0.0833. The molecule has 0 spiro atoms. The largest absolute Gasteiger partial charge is 0.300 e. The number of halogens is 2. The van der Waals surface area contributed by atoms with Gasteiger partial charge in [0.15, 0.2) is 5.16 Å². The lowest BCUT2D eigenvalue weighted by molar-refractivity contribution is 0.621. The maximum Gasteiger partial charge on any atom is 0.270 e. The highest BCUT2D eigenvalue weighted by Gasteiger charge is 2.16. The van der Waals surface area contributed by atoms with Crippen molar-refractivity contribution in [3.63, 3.8) is 0 Å². The molecule has 0 bridgehead atoms. The van der Waals surface area contributed by atoms with E-state index in [1.54, 1.807) is 18.4 Å². The molecular formula is C12H7BrFN3OS. The zero-order chi connectivity index (χ0) is 14.0. The Morgan fingerprint density at radius 3 is 2.89 bits per heavy atom. The minimum Gasteiger partial charge on any atom is -0.300 e. The first kappa shape index (κ1) is 13.8. The SMILES string of the molecule is CSc1nc(-c2cccc(F)c2Br)c(C#N)c(=O)[nH]1. The molecule has 0 aliphatic carbocycles. The Balaban J connectivity index is 2.81. The van der Waals surface area contributed by atoms with Crippen molar-refractivity contribution in [2.75, 3.05) is 6.26 Å². The summed E-state index contributed by atoms with van der Waals surface area (Å²) >= 11 is 4.34. The summed E-state index contributed by atoms with van der Waals surface area (Å²) in [4.78, 5) is 18.4. The van der Waals surface area contributed by atoms with E-state index in [9.17, 15) is 9.18 Å². The second kappa shape index (κ2) is 5.55. The van der Waals surface area contributed by atoms with Gasteiger partial charge in [0.25, 0.3) is 5.56 Å². The van der Waals surface area contributed by atoms with E-state index in [-0.39, 0.29) is 15.7 Å². The second-order valence-corrected chi connectivity index (χ2v) is 5.10. The maximum atomic E-state index is 13.5. The van der Waals surface area contributed by atoms with Crippen molar-refractivity contribution in [3.05, 3.63) is 44.4 Å². The van der Waals surface area contributed by atoms with Gasteiger partial charge in [-0.2, -0.15) is 5.26 Å². The molecule has 0 atom stereocenters. The van der Waals surface area contributed by atoms with Gasteiger partial charge in [-0.25, -0.2) is 9.37 Å². The number of benzene rings is 1. The molecule has 0 fully saturated rings. The van der Waals surface area contributed by atoms with Crippen molar-refractivity contribution in [1.82, 2.24) is 9.97 Å². The van der Waals surface area contributed by atoms with E-state index < -0.39 is 11.4 Å². The van der Waals surface area contributed by atoms with Crippen LogP contribution in [0.3, 0.4) is 0 Å². The number of hydrogen-bond acceptors (Lipinski definition) is 4. The minimum atomic E-state index is -0.534. The van der Waals surface area contributed by atoms with Crippen LogP contribution < -0.4 is 5.56 Å². The monoisotopic (exact) mass is 339 g/mol. The van der Waals surface area contributed by atoms with E-state index in [2.05, 4.69) is 25.9 Å². The first-order valence-corrected chi connectivity index (χ1v) is 7.13. The van der Waals surface area contributed by atoms with Crippen molar-refractivity contribution < 1.29 is 4.39 Å². The van der Waals surface area contributed by atoms with Gasteiger partial charge in [-0.15, -0.1) is 0 Å². The molecule has 0 unspecified atom stereocenters. The molecule has 1 heterocycles. The van der Waals surface area contributed by atoms with Crippen molar-refractivity contribution in [2.24, 2.45) is 0 Å². The summed E-state index contributed by atoms with van der Waals surface area (Å²) in [6.07, 6.45) is 1.74. The van der Waals surface area contributed by atoms with Gasteiger partial charge in [0.2, 0.25) is 0 Å². The summed E-state index contributed by atoms with van der Waals surface area (Å²) in [6, 6.07) is 6.18. The second-order valence-electron chi connectivity index (χ2n) is 3.51. The average Bonchev–Trinajstić information content (AvgIpc) is 2.41.